The smallest absolute Gasteiger partial charge is 0.410 e. The molecule has 218 valence electrons. The Morgan fingerprint density at radius 3 is 2.68 bits per heavy atom. The number of rotatable bonds is 9. The van der Waals surface area contributed by atoms with E-state index in [9.17, 15) is 9.59 Å². The number of hydrogen-bond acceptors (Lipinski definition) is 7. The second kappa shape index (κ2) is 12.0. The number of nitrogen functional groups attached to an aromatic ring is 1. The Labute approximate surface area is 239 Å². The molecule has 3 heterocycles. The first-order valence-electron chi connectivity index (χ1n) is 14.0. The number of carbonyl (C=O) groups excluding carboxylic acids is 1. The van der Waals surface area contributed by atoms with Gasteiger partial charge < -0.3 is 15.4 Å². The zero-order valence-electron chi connectivity index (χ0n) is 24.9. The maximum absolute atomic E-state index is 13.2. The third-order valence-electron chi connectivity index (χ3n) is 6.65. The molecule has 0 spiro atoms. The predicted octanol–water partition coefficient (Wildman–Crippen LogP) is 5.75. The van der Waals surface area contributed by atoms with Crippen molar-refractivity contribution < 1.29 is 9.53 Å². The molecule has 11 nitrogen and oxygen atoms in total. The molecule has 1 atom stereocenters. The molecule has 11 heteroatoms. The van der Waals surface area contributed by atoms with Crippen molar-refractivity contribution in [1.29, 1.82) is 0 Å². The molecule has 0 aliphatic rings. The lowest BCUT2D eigenvalue weighted by molar-refractivity contribution is 0.0272. The van der Waals surface area contributed by atoms with Gasteiger partial charge in [-0.15, -0.1) is 0 Å². The third-order valence-corrected chi connectivity index (χ3v) is 6.65. The summed E-state index contributed by atoms with van der Waals surface area (Å²) in [5.41, 5.74) is 8.90. The zero-order valence-corrected chi connectivity index (χ0v) is 24.9. The number of amides is 1. The summed E-state index contributed by atoms with van der Waals surface area (Å²) in [4.78, 5) is 27.4. The number of H-pyrrole nitrogens is 1. The lowest BCUT2D eigenvalue weighted by atomic mass is 10.1. The molecule has 3 aromatic heterocycles. The van der Waals surface area contributed by atoms with E-state index in [1.165, 1.54) is 4.90 Å². The van der Waals surface area contributed by atoms with Gasteiger partial charge >= 0.3 is 6.09 Å². The molecule has 0 fully saturated rings. The Morgan fingerprint density at radius 2 is 2.02 bits per heavy atom. The number of hydrogen-bond donors (Lipinski definition) is 2. The maximum Gasteiger partial charge on any atom is 0.410 e. The Kier molecular flexibility index (Phi) is 8.65. The van der Waals surface area contributed by atoms with Gasteiger partial charge in [0.2, 0.25) is 0 Å². The summed E-state index contributed by atoms with van der Waals surface area (Å²) < 4.78 is 9.15. The first-order valence-corrected chi connectivity index (χ1v) is 14.0. The van der Waals surface area contributed by atoms with Crippen LogP contribution in [0.5, 0.6) is 0 Å². The number of nitrogens with two attached hydrogens (primary N) is 1. The number of nitrogens with zero attached hydrogens (tertiary/aromatic N) is 6. The molecule has 1 aromatic carbocycles. The lowest BCUT2D eigenvalue weighted by Gasteiger charge is -2.28. The molecule has 0 saturated carbocycles. The van der Waals surface area contributed by atoms with Crippen LogP contribution in [0, 0.1) is 0 Å². The minimum Gasteiger partial charge on any atom is -0.444 e. The van der Waals surface area contributed by atoms with E-state index in [0.717, 1.165) is 35.0 Å². The van der Waals surface area contributed by atoms with Crippen LogP contribution in [0.2, 0.25) is 0 Å². The first-order chi connectivity index (χ1) is 19.5. The number of likely N-dealkylation sites (N-methyl/N-ethyl adjacent to an activating group) is 1. The van der Waals surface area contributed by atoms with Gasteiger partial charge in [-0.05, 0) is 58.7 Å². The molecule has 0 aliphatic carbocycles. The Morgan fingerprint density at radius 1 is 1.27 bits per heavy atom. The summed E-state index contributed by atoms with van der Waals surface area (Å²) in [6, 6.07) is 5.64. The number of nitrogens with one attached hydrogen (secondary N) is 1. The van der Waals surface area contributed by atoms with Crippen LogP contribution in [0.3, 0.4) is 0 Å². The lowest BCUT2D eigenvalue weighted by Crippen LogP contribution is -2.38. The topological polar surface area (TPSA) is 137 Å². The third kappa shape index (κ3) is 6.18. The predicted molar refractivity (Wildman–Crippen MR) is 163 cm³/mol. The van der Waals surface area contributed by atoms with Crippen LogP contribution < -0.4 is 11.3 Å². The van der Waals surface area contributed by atoms with Gasteiger partial charge in [-0.2, -0.15) is 15.3 Å². The number of benzene rings is 1. The molecule has 1 amide bonds. The fourth-order valence-electron chi connectivity index (χ4n) is 4.93. The summed E-state index contributed by atoms with van der Waals surface area (Å²) in [6.07, 6.45) is 9.88. The van der Waals surface area contributed by atoms with E-state index in [1.54, 1.807) is 11.7 Å². The van der Waals surface area contributed by atoms with Crippen molar-refractivity contribution in [2.24, 2.45) is 0 Å². The standard InChI is InChI=1S/C30H40N8O3/c1-8-11-21(12-9-2)37-23-15-14-19(16-20(23)17-32-37)25-24-26(28(39)34-33-27(24)31)38(35-25)22(13-10-3)18-36(7)29(40)41-30(4,5)6/h8,11-12,14-17,22H,9-10,13,18H2,1-7H3,(H2,31,33)(H,34,39)/b11-8-,21-12+. The second-order valence-electron chi connectivity index (χ2n) is 11.1. The van der Waals surface area contributed by atoms with E-state index in [-0.39, 0.29) is 11.9 Å². The SMILES string of the molecule is C/C=C\C(=C/CC)n1ncc2cc(-c3nn(C(CCC)CN(C)C(=O)OC(C)(C)C)c4c(=O)[nH]nc(N)c34)ccc21. The highest BCUT2D eigenvalue weighted by atomic mass is 16.6. The van der Waals surface area contributed by atoms with Crippen molar-refractivity contribution in [2.45, 2.75) is 72.4 Å². The fourth-order valence-corrected chi connectivity index (χ4v) is 4.93. The van der Waals surface area contributed by atoms with Gasteiger partial charge in [0.05, 0.1) is 28.8 Å². The molecule has 1 unspecified atom stereocenters. The largest absolute Gasteiger partial charge is 0.444 e. The van der Waals surface area contributed by atoms with Crippen molar-refractivity contribution >= 4 is 39.4 Å². The number of anilines is 1. The van der Waals surface area contributed by atoms with Gasteiger partial charge in [-0.3, -0.25) is 9.48 Å². The molecular formula is C30H40N8O3. The highest BCUT2D eigenvalue weighted by molar-refractivity contribution is 6.01. The van der Waals surface area contributed by atoms with Crippen LogP contribution in [-0.2, 0) is 4.74 Å². The van der Waals surface area contributed by atoms with Gasteiger partial charge in [-0.25, -0.2) is 14.6 Å². The maximum atomic E-state index is 13.2. The Hall–Kier alpha value is -4.41. The van der Waals surface area contributed by atoms with Crippen LogP contribution in [0.1, 0.15) is 66.8 Å². The van der Waals surface area contributed by atoms with Crippen molar-refractivity contribution in [3.63, 3.8) is 0 Å². The van der Waals surface area contributed by atoms with Crippen LogP contribution in [-0.4, -0.2) is 59.9 Å². The van der Waals surface area contributed by atoms with E-state index in [4.69, 9.17) is 15.6 Å². The van der Waals surface area contributed by atoms with Gasteiger partial charge in [0.1, 0.15) is 16.8 Å². The van der Waals surface area contributed by atoms with E-state index >= 15 is 0 Å². The van der Waals surface area contributed by atoms with Gasteiger partial charge in [0.15, 0.2) is 5.82 Å². The molecule has 4 aromatic rings. The molecular weight excluding hydrogens is 520 g/mol. The Bertz CT molecular complexity index is 1670. The summed E-state index contributed by atoms with van der Waals surface area (Å²) in [7, 11) is 1.68. The van der Waals surface area contributed by atoms with Crippen LogP contribution in [0.4, 0.5) is 10.6 Å². The normalized spacial score (nSPS) is 13.4. The minimum absolute atomic E-state index is 0.175. The molecule has 4 rings (SSSR count). The van der Waals surface area contributed by atoms with E-state index in [0.29, 0.717) is 29.6 Å². The quantitative estimate of drug-likeness (QED) is 0.249. The van der Waals surface area contributed by atoms with Crippen LogP contribution in [0.15, 0.2) is 47.4 Å². The summed E-state index contributed by atoms with van der Waals surface area (Å²) in [6.45, 7) is 11.9. The summed E-state index contributed by atoms with van der Waals surface area (Å²) >= 11 is 0. The van der Waals surface area contributed by atoms with Crippen molar-refractivity contribution in [3.05, 3.63) is 53.0 Å². The zero-order chi connectivity index (χ0) is 29.9. The number of fused-ring (bicyclic) bond motifs is 2. The number of allylic oxidation sites excluding steroid dienone is 4. The van der Waals surface area contributed by atoms with Crippen molar-refractivity contribution in [3.8, 4) is 11.3 Å². The van der Waals surface area contributed by atoms with Crippen molar-refractivity contribution in [2.75, 3.05) is 19.3 Å². The summed E-state index contributed by atoms with van der Waals surface area (Å²) in [5, 5.41) is 17.5. The molecule has 0 bridgehead atoms. The van der Waals surface area contributed by atoms with E-state index < -0.39 is 17.3 Å². The first kappa shape index (κ1) is 29.6. The number of carbonyl (C=O) groups is 1. The van der Waals surface area contributed by atoms with E-state index in [2.05, 4.69) is 28.3 Å². The molecule has 0 saturated heterocycles. The monoisotopic (exact) mass is 560 g/mol. The van der Waals surface area contributed by atoms with Crippen LogP contribution >= 0.6 is 0 Å². The highest BCUT2D eigenvalue weighted by Crippen LogP contribution is 2.34. The van der Waals surface area contributed by atoms with E-state index in [1.807, 2.05) is 75.8 Å². The van der Waals surface area contributed by atoms with Gasteiger partial charge in [0, 0.05) is 24.5 Å². The average molecular weight is 561 g/mol. The number of ether oxygens (including phenoxy) is 1. The minimum atomic E-state index is -0.624. The average Bonchev–Trinajstić information content (AvgIpc) is 3.52. The Balaban J connectivity index is 1.83. The second-order valence-corrected chi connectivity index (χ2v) is 11.1. The fraction of sp³-hybridized carbons (Fsp3) is 0.433. The summed E-state index contributed by atoms with van der Waals surface area (Å²) in [5.74, 6) is 0.175. The molecule has 0 radical (unpaired) electrons. The number of aromatic nitrogens is 6. The van der Waals surface area contributed by atoms with Gasteiger partial charge in [0.25, 0.3) is 5.56 Å². The van der Waals surface area contributed by atoms with Gasteiger partial charge in [-0.1, -0.05) is 38.5 Å². The molecule has 41 heavy (non-hydrogen) atoms. The molecule has 0 aliphatic heterocycles. The van der Waals surface area contributed by atoms with Crippen molar-refractivity contribution in [1.82, 2.24) is 34.7 Å². The molecule has 3 N–H and O–H groups in total. The van der Waals surface area contributed by atoms with Crippen LogP contribution in [0.25, 0.3) is 38.8 Å². The highest BCUT2D eigenvalue weighted by Gasteiger charge is 2.27. The number of aromatic amines is 1.